The van der Waals surface area contributed by atoms with Gasteiger partial charge in [-0.2, -0.15) is 0 Å². The highest BCUT2D eigenvalue weighted by atomic mass is 32.2. The van der Waals surface area contributed by atoms with Crippen LogP contribution in [0.25, 0.3) is 33.4 Å². The molecule has 0 saturated carbocycles. The highest BCUT2D eigenvalue weighted by Gasteiger charge is 2.29. The zero-order valence-corrected chi connectivity index (χ0v) is 30.9. The summed E-state index contributed by atoms with van der Waals surface area (Å²) in [5.41, 5.74) is 4.61. The van der Waals surface area contributed by atoms with Crippen LogP contribution < -0.4 is 9.64 Å². The predicted molar refractivity (Wildman–Crippen MR) is 210 cm³/mol. The summed E-state index contributed by atoms with van der Waals surface area (Å²) in [6.07, 6.45) is 1.34. The summed E-state index contributed by atoms with van der Waals surface area (Å²) < 4.78 is 42.3. The van der Waals surface area contributed by atoms with Gasteiger partial charge in [0.05, 0.1) is 23.8 Å². The molecule has 8 rings (SSSR count). The van der Waals surface area contributed by atoms with Gasteiger partial charge in [0.15, 0.2) is 11.4 Å². The first-order valence-electron chi connectivity index (χ1n) is 18.3. The molecule has 2 fully saturated rings. The Morgan fingerprint density at radius 2 is 1.50 bits per heavy atom. The number of anilines is 1. The molecule has 10 nitrogen and oxygen atoms in total. The normalized spacial score (nSPS) is 16.4. The first-order valence-corrected chi connectivity index (χ1v) is 19.7. The number of carbonyl (C=O) groups excluding carboxylic acids is 1. The molecule has 1 atom stereocenters. The Bertz CT molecular complexity index is 2370. The third-order valence-electron chi connectivity index (χ3n) is 10.4. The molecule has 1 N–H and O–H groups in total. The van der Waals surface area contributed by atoms with E-state index >= 15 is 0 Å². The third kappa shape index (κ3) is 7.03. The minimum atomic E-state index is -4.10. The molecule has 0 bridgehead atoms. The van der Waals surface area contributed by atoms with Crippen molar-refractivity contribution in [3.05, 3.63) is 133 Å². The summed E-state index contributed by atoms with van der Waals surface area (Å²) in [7, 11) is -1.98. The van der Waals surface area contributed by atoms with Gasteiger partial charge >= 0.3 is 0 Å². The number of aliphatic hydroxyl groups excluding tert-OH is 1. The van der Waals surface area contributed by atoms with E-state index in [-0.39, 0.29) is 16.6 Å². The lowest BCUT2D eigenvalue weighted by Gasteiger charge is -2.34. The van der Waals surface area contributed by atoms with Crippen molar-refractivity contribution in [1.29, 1.82) is 0 Å². The Morgan fingerprint density at radius 1 is 0.833 bits per heavy atom. The number of benzene rings is 4. The smallest absolute Gasteiger partial charge is 0.269 e. The largest absolute Gasteiger partial charge is 0.490 e. The highest BCUT2D eigenvalue weighted by molar-refractivity contribution is 7.90. The average Bonchev–Trinajstić information content (AvgIpc) is 3.63. The van der Waals surface area contributed by atoms with E-state index in [1.807, 2.05) is 48.5 Å². The van der Waals surface area contributed by atoms with Crippen LogP contribution in [-0.4, -0.2) is 85.7 Å². The summed E-state index contributed by atoms with van der Waals surface area (Å²) in [5, 5.41) is 12.2. The van der Waals surface area contributed by atoms with Crippen molar-refractivity contribution in [2.24, 2.45) is 0 Å². The van der Waals surface area contributed by atoms with Crippen LogP contribution in [0.15, 0.2) is 126 Å². The topological polar surface area (TPSA) is 114 Å². The van der Waals surface area contributed by atoms with E-state index < -0.39 is 21.9 Å². The molecule has 0 radical (unpaired) electrons. The number of Topliss-reactive ketones (excluding diaryl/α,β-unsaturated/α-hetero) is 1. The maximum Gasteiger partial charge on any atom is 0.269 e. The van der Waals surface area contributed by atoms with E-state index in [0.29, 0.717) is 65.1 Å². The minimum Gasteiger partial charge on any atom is -0.490 e. The summed E-state index contributed by atoms with van der Waals surface area (Å²) >= 11 is 0. The second-order valence-electron chi connectivity index (χ2n) is 13.9. The fourth-order valence-corrected chi connectivity index (χ4v) is 8.79. The predicted octanol–water partition coefficient (Wildman–Crippen LogP) is 6.83. The lowest BCUT2D eigenvalue weighted by Crippen LogP contribution is -2.44. The molecule has 0 spiro atoms. The first kappa shape index (κ1) is 35.7. The maximum absolute atomic E-state index is 14.5. The van der Waals surface area contributed by atoms with E-state index in [9.17, 15) is 18.3 Å². The number of rotatable bonds is 10. The second kappa shape index (κ2) is 15.2. The molecule has 2 aliphatic heterocycles. The molecular formula is C43H42N4O6S. The zero-order valence-electron chi connectivity index (χ0n) is 30.0. The zero-order chi connectivity index (χ0) is 37.2. The van der Waals surface area contributed by atoms with Crippen molar-refractivity contribution < 1.29 is 27.8 Å². The van der Waals surface area contributed by atoms with Crippen molar-refractivity contribution in [3.63, 3.8) is 0 Å². The van der Waals surface area contributed by atoms with E-state index in [0.717, 1.165) is 37.4 Å². The number of aliphatic hydroxyl groups is 1. The quantitative estimate of drug-likeness (QED) is 0.151. The van der Waals surface area contributed by atoms with E-state index in [2.05, 4.69) is 21.8 Å². The van der Waals surface area contributed by atoms with E-state index in [1.54, 1.807) is 72.9 Å². The molecule has 2 saturated heterocycles. The number of likely N-dealkylation sites (N-methyl/N-ethyl adjacent to an activating group) is 1. The van der Waals surface area contributed by atoms with Crippen molar-refractivity contribution in [1.82, 2.24) is 13.9 Å². The van der Waals surface area contributed by atoms with Gasteiger partial charge in [-0.1, -0.05) is 66.7 Å². The number of hydrogen-bond acceptors (Lipinski definition) is 9. The van der Waals surface area contributed by atoms with Crippen LogP contribution in [0.5, 0.6) is 5.75 Å². The summed E-state index contributed by atoms with van der Waals surface area (Å²) in [4.78, 5) is 23.1. The molecular weight excluding hydrogens is 701 g/mol. The Labute approximate surface area is 315 Å². The summed E-state index contributed by atoms with van der Waals surface area (Å²) in [6, 6.07) is 34.2. The third-order valence-corrected chi connectivity index (χ3v) is 12.1. The van der Waals surface area contributed by atoms with Crippen LogP contribution in [0.4, 0.5) is 5.69 Å². The number of ether oxygens (including phenoxy) is 2. The van der Waals surface area contributed by atoms with Crippen LogP contribution in [0, 0.1) is 0 Å². The number of fused-ring (bicyclic) bond motifs is 1. The van der Waals surface area contributed by atoms with Crippen LogP contribution in [-0.2, 0) is 14.8 Å². The molecule has 1 unspecified atom stereocenters. The molecule has 0 amide bonds. The van der Waals surface area contributed by atoms with Gasteiger partial charge in [0.2, 0.25) is 0 Å². The second-order valence-corrected chi connectivity index (χ2v) is 15.6. The fraction of sp³-hybridized carbons (Fsp3) is 0.256. The van der Waals surface area contributed by atoms with Gasteiger partial charge in [-0.3, -0.25) is 4.79 Å². The number of ketones is 1. The molecule has 6 aromatic rings. The molecule has 2 aliphatic rings. The van der Waals surface area contributed by atoms with Crippen LogP contribution in [0.2, 0.25) is 0 Å². The SMILES string of the molecule is CN1CCN(c2ccc(-c3cc4c(-c5ccc(OC6CCOCC6)c(C(O)C(=O)c6ccccc6)c5)ccnc4n3S(=O)(=O)c3ccccc3)cc2)CC1. The summed E-state index contributed by atoms with van der Waals surface area (Å²) in [6.45, 7) is 4.92. The van der Waals surface area contributed by atoms with Gasteiger partial charge in [-0.05, 0) is 72.3 Å². The van der Waals surface area contributed by atoms with E-state index in [4.69, 9.17) is 9.47 Å². The fourth-order valence-electron chi connectivity index (χ4n) is 7.29. The van der Waals surface area contributed by atoms with Gasteiger partial charge in [0.25, 0.3) is 10.0 Å². The van der Waals surface area contributed by atoms with Gasteiger partial charge in [0.1, 0.15) is 18.0 Å². The van der Waals surface area contributed by atoms with Crippen molar-refractivity contribution in [2.75, 3.05) is 51.3 Å². The van der Waals surface area contributed by atoms with Gasteiger partial charge in [0, 0.05) is 67.4 Å². The number of hydrogen-bond donors (Lipinski definition) is 1. The standard InChI is InChI=1S/C43H42N4O6S/c1-45-22-24-46(25-23-45)33-15-12-30(13-16-33)39-29-37-36(18-21-44-43(37)47(39)54(50,51)35-10-6-3-7-11-35)32-14-17-40(53-34-19-26-52-27-20-34)38(28-32)42(49)41(48)31-8-4-2-5-9-31/h2-18,21,28-29,34,42,49H,19-20,22-27H2,1H3. The van der Waals surface area contributed by atoms with Crippen molar-refractivity contribution >= 4 is 32.5 Å². The molecule has 0 aliphatic carbocycles. The number of pyridine rings is 1. The van der Waals surface area contributed by atoms with E-state index in [1.165, 1.54) is 3.97 Å². The van der Waals surface area contributed by atoms with Crippen molar-refractivity contribution in [2.45, 2.75) is 29.9 Å². The number of piperazine rings is 1. The van der Waals surface area contributed by atoms with Crippen LogP contribution in [0.1, 0.15) is 34.9 Å². The monoisotopic (exact) mass is 742 g/mol. The van der Waals surface area contributed by atoms with Crippen molar-refractivity contribution in [3.8, 4) is 28.1 Å². The lowest BCUT2D eigenvalue weighted by molar-refractivity contribution is 0.0240. The Hall–Kier alpha value is -5.33. The Balaban J connectivity index is 1.26. The number of aromatic nitrogens is 2. The number of carbonyl (C=O) groups is 1. The molecule has 2 aromatic heterocycles. The molecule has 54 heavy (non-hydrogen) atoms. The van der Waals surface area contributed by atoms with Gasteiger partial charge < -0.3 is 24.4 Å². The molecule has 11 heteroatoms. The lowest BCUT2D eigenvalue weighted by atomic mass is 9.94. The molecule has 4 heterocycles. The Kier molecular flexibility index (Phi) is 10.0. The minimum absolute atomic E-state index is 0.127. The van der Waals surface area contributed by atoms with Crippen LogP contribution >= 0.6 is 0 Å². The summed E-state index contributed by atoms with van der Waals surface area (Å²) in [5.74, 6) is -0.0371. The van der Waals surface area contributed by atoms with Gasteiger partial charge in [-0.15, -0.1) is 0 Å². The highest BCUT2D eigenvalue weighted by Crippen LogP contribution is 2.40. The first-order chi connectivity index (χ1) is 26.3. The average molecular weight is 743 g/mol. The maximum atomic E-state index is 14.5. The molecule has 276 valence electrons. The van der Waals surface area contributed by atoms with Gasteiger partial charge in [-0.25, -0.2) is 17.4 Å². The molecule has 4 aromatic carbocycles. The Morgan fingerprint density at radius 3 is 2.20 bits per heavy atom. The number of nitrogens with zero attached hydrogens (tertiary/aromatic N) is 4. The van der Waals surface area contributed by atoms with Crippen LogP contribution in [0.3, 0.4) is 0 Å².